The van der Waals surface area contributed by atoms with Gasteiger partial charge in [-0.3, -0.25) is 0 Å². The Bertz CT molecular complexity index is 582. The van der Waals surface area contributed by atoms with E-state index in [9.17, 15) is 0 Å². The van der Waals surface area contributed by atoms with Crippen molar-refractivity contribution in [2.75, 3.05) is 0 Å². The molecule has 2 aromatic carbocycles. The molecule has 0 radical (unpaired) electrons. The van der Waals surface area contributed by atoms with Gasteiger partial charge in [-0.2, -0.15) is 0 Å². The molecule has 0 amide bonds. The molecule has 0 saturated heterocycles. The zero-order valence-corrected chi connectivity index (χ0v) is 17.5. The molecule has 0 spiro atoms. The van der Waals surface area contributed by atoms with E-state index in [2.05, 4.69) is 74.5 Å². The molecule has 0 bridgehead atoms. The van der Waals surface area contributed by atoms with E-state index in [1.54, 1.807) is 10.6 Å². The van der Waals surface area contributed by atoms with Gasteiger partial charge in [0.15, 0.2) is 0 Å². The molecule has 0 aliphatic heterocycles. The molecular formula is C25H35P. The van der Waals surface area contributed by atoms with Crippen molar-refractivity contribution in [3.05, 3.63) is 60.7 Å². The molecule has 2 aromatic rings. The van der Waals surface area contributed by atoms with Gasteiger partial charge in [0.05, 0.1) is 0 Å². The Balaban J connectivity index is 1.85. The molecule has 3 rings (SSSR count). The van der Waals surface area contributed by atoms with Crippen molar-refractivity contribution >= 4 is 18.5 Å². The van der Waals surface area contributed by atoms with Crippen LogP contribution in [0.2, 0.25) is 0 Å². The van der Waals surface area contributed by atoms with Gasteiger partial charge >= 0.3 is 0 Å². The highest BCUT2D eigenvalue weighted by Gasteiger charge is 2.34. The van der Waals surface area contributed by atoms with Gasteiger partial charge in [-0.25, -0.2) is 0 Å². The van der Waals surface area contributed by atoms with Crippen LogP contribution < -0.4 is 10.6 Å². The lowest BCUT2D eigenvalue weighted by Crippen LogP contribution is -2.32. The zero-order chi connectivity index (χ0) is 18.2. The second-order valence-corrected chi connectivity index (χ2v) is 10.6. The highest BCUT2D eigenvalue weighted by molar-refractivity contribution is 7.73. The van der Waals surface area contributed by atoms with Crippen molar-refractivity contribution in [3.63, 3.8) is 0 Å². The van der Waals surface area contributed by atoms with Gasteiger partial charge < -0.3 is 0 Å². The first kappa shape index (κ1) is 19.6. The quantitative estimate of drug-likeness (QED) is 0.352. The molecule has 1 unspecified atom stereocenters. The van der Waals surface area contributed by atoms with E-state index < -0.39 is 0 Å². The van der Waals surface area contributed by atoms with Crippen LogP contribution in [0.3, 0.4) is 0 Å². The Kier molecular flexibility index (Phi) is 7.75. The monoisotopic (exact) mass is 366 g/mol. The summed E-state index contributed by atoms with van der Waals surface area (Å²) in [5.74, 6) is 1.84. The second kappa shape index (κ2) is 10.3. The van der Waals surface area contributed by atoms with E-state index in [1.807, 2.05) is 0 Å². The van der Waals surface area contributed by atoms with Gasteiger partial charge in [0, 0.05) is 0 Å². The largest absolute Gasteiger partial charge is 0.0654 e. The van der Waals surface area contributed by atoms with E-state index in [1.165, 1.54) is 51.4 Å². The maximum Gasteiger partial charge on any atom is -0.0126 e. The molecule has 26 heavy (non-hydrogen) atoms. The topological polar surface area (TPSA) is 0 Å². The number of benzene rings is 2. The van der Waals surface area contributed by atoms with Crippen molar-refractivity contribution in [1.29, 1.82) is 0 Å². The minimum absolute atomic E-state index is 0.280. The highest BCUT2D eigenvalue weighted by atomic mass is 31.1. The third kappa shape index (κ3) is 4.98. The van der Waals surface area contributed by atoms with Gasteiger partial charge in [-0.15, -0.1) is 0 Å². The SMILES string of the molecule is CCCCC[C@@H]1CCCC[C@H]1C(C)P(c1ccccc1)c1ccccc1. The standard InChI is InChI=1S/C25H35P/c1-3-4-7-14-22-15-12-13-20-25(22)21(2)26(23-16-8-5-9-17-23)24-18-10-6-11-19-24/h5-6,8-11,16-19,21-22,25H,3-4,7,12-15,20H2,1-2H3/t21?,22-,25+/m1/s1. The average Bonchev–Trinajstić information content (AvgIpc) is 2.70. The maximum atomic E-state index is 2.56. The average molecular weight is 367 g/mol. The van der Waals surface area contributed by atoms with Crippen LogP contribution in [0.4, 0.5) is 0 Å². The Morgan fingerprint density at radius 2 is 1.42 bits per heavy atom. The van der Waals surface area contributed by atoms with Crippen molar-refractivity contribution in [2.24, 2.45) is 11.8 Å². The third-order valence-corrected chi connectivity index (χ3v) is 9.15. The van der Waals surface area contributed by atoms with E-state index in [0.29, 0.717) is 0 Å². The summed E-state index contributed by atoms with van der Waals surface area (Å²) >= 11 is 0. The Hall–Kier alpha value is -1.13. The summed E-state index contributed by atoms with van der Waals surface area (Å²) in [6, 6.07) is 22.7. The van der Waals surface area contributed by atoms with Gasteiger partial charge in [-0.05, 0) is 42.4 Å². The van der Waals surface area contributed by atoms with E-state index in [4.69, 9.17) is 0 Å². The van der Waals surface area contributed by atoms with Crippen LogP contribution in [0.25, 0.3) is 0 Å². The van der Waals surface area contributed by atoms with Crippen molar-refractivity contribution in [1.82, 2.24) is 0 Å². The fourth-order valence-electron chi connectivity index (χ4n) is 4.87. The molecule has 1 aliphatic rings. The summed E-state index contributed by atoms with van der Waals surface area (Å²) in [7, 11) is -0.280. The van der Waals surface area contributed by atoms with Gasteiger partial charge in [-0.1, -0.05) is 119 Å². The Morgan fingerprint density at radius 3 is 2.00 bits per heavy atom. The van der Waals surface area contributed by atoms with Crippen LogP contribution in [-0.4, -0.2) is 5.66 Å². The first-order chi connectivity index (χ1) is 12.8. The minimum atomic E-state index is -0.280. The van der Waals surface area contributed by atoms with Gasteiger partial charge in [0.2, 0.25) is 0 Å². The third-order valence-electron chi connectivity index (χ3n) is 6.24. The molecule has 1 aliphatic carbocycles. The predicted molar refractivity (Wildman–Crippen MR) is 118 cm³/mol. The summed E-state index contributed by atoms with van der Waals surface area (Å²) in [6.45, 7) is 4.89. The lowest BCUT2D eigenvalue weighted by Gasteiger charge is -2.40. The van der Waals surface area contributed by atoms with Gasteiger partial charge in [0.1, 0.15) is 0 Å². The molecule has 3 atom stereocenters. The second-order valence-electron chi connectivity index (χ2n) is 7.99. The summed E-state index contributed by atoms with van der Waals surface area (Å²) in [6.07, 6.45) is 11.4. The first-order valence-electron chi connectivity index (χ1n) is 10.7. The number of hydrogen-bond donors (Lipinski definition) is 0. The lowest BCUT2D eigenvalue weighted by molar-refractivity contribution is 0.217. The molecular weight excluding hydrogens is 331 g/mol. The maximum absolute atomic E-state index is 2.56. The summed E-state index contributed by atoms with van der Waals surface area (Å²) in [5.41, 5.74) is 0.765. The van der Waals surface area contributed by atoms with E-state index in [0.717, 1.165) is 17.5 Å². The predicted octanol–water partition coefficient (Wildman–Crippen LogP) is 6.89. The normalized spacial score (nSPS) is 21.7. The molecule has 1 saturated carbocycles. The number of rotatable bonds is 8. The Labute approximate surface area is 162 Å². The molecule has 0 N–H and O–H groups in total. The van der Waals surface area contributed by atoms with Crippen LogP contribution >= 0.6 is 7.92 Å². The summed E-state index contributed by atoms with van der Waals surface area (Å²) in [5, 5.41) is 3.11. The number of hydrogen-bond acceptors (Lipinski definition) is 0. The van der Waals surface area contributed by atoms with Crippen molar-refractivity contribution in [2.45, 2.75) is 70.9 Å². The van der Waals surface area contributed by atoms with Gasteiger partial charge in [0.25, 0.3) is 0 Å². The molecule has 0 nitrogen and oxygen atoms in total. The first-order valence-corrected chi connectivity index (χ1v) is 12.1. The fourth-order valence-corrected chi connectivity index (χ4v) is 7.88. The Morgan fingerprint density at radius 1 is 0.846 bits per heavy atom. The number of unbranched alkanes of at least 4 members (excludes halogenated alkanes) is 2. The van der Waals surface area contributed by atoms with Crippen LogP contribution in [0.5, 0.6) is 0 Å². The van der Waals surface area contributed by atoms with Crippen molar-refractivity contribution in [3.8, 4) is 0 Å². The van der Waals surface area contributed by atoms with Crippen LogP contribution in [0.15, 0.2) is 60.7 Å². The molecule has 0 aromatic heterocycles. The van der Waals surface area contributed by atoms with Crippen LogP contribution in [0, 0.1) is 11.8 Å². The zero-order valence-electron chi connectivity index (χ0n) is 16.6. The van der Waals surface area contributed by atoms with Crippen LogP contribution in [-0.2, 0) is 0 Å². The summed E-state index contributed by atoms with van der Waals surface area (Å²) < 4.78 is 0. The summed E-state index contributed by atoms with van der Waals surface area (Å²) in [4.78, 5) is 0. The van der Waals surface area contributed by atoms with Crippen molar-refractivity contribution < 1.29 is 0 Å². The molecule has 1 fully saturated rings. The van der Waals surface area contributed by atoms with Crippen LogP contribution in [0.1, 0.15) is 65.2 Å². The minimum Gasteiger partial charge on any atom is -0.0654 e. The molecule has 0 heterocycles. The fraction of sp³-hybridized carbons (Fsp3) is 0.520. The van der Waals surface area contributed by atoms with E-state index in [-0.39, 0.29) is 7.92 Å². The molecule has 1 heteroatoms. The van der Waals surface area contributed by atoms with E-state index >= 15 is 0 Å². The molecule has 140 valence electrons. The lowest BCUT2D eigenvalue weighted by atomic mass is 9.75. The smallest absolute Gasteiger partial charge is 0.0126 e. The highest BCUT2D eigenvalue weighted by Crippen LogP contribution is 2.49.